The lowest BCUT2D eigenvalue weighted by Gasteiger charge is -2.35. The maximum atomic E-state index is 2.57. The molecule has 0 N–H and O–H groups in total. The number of anilines is 1. The van der Waals surface area contributed by atoms with Crippen LogP contribution in [0.1, 0.15) is 24.8 Å². The van der Waals surface area contributed by atoms with Crippen molar-refractivity contribution in [3.8, 4) is 0 Å². The molecule has 17 heavy (non-hydrogen) atoms. The molecule has 2 fully saturated rings. The number of piperazine rings is 1. The van der Waals surface area contributed by atoms with Crippen molar-refractivity contribution < 1.29 is 0 Å². The van der Waals surface area contributed by atoms with E-state index in [-0.39, 0.29) is 0 Å². The summed E-state index contributed by atoms with van der Waals surface area (Å²) >= 11 is 0. The van der Waals surface area contributed by atoms with E-state index in [1.54, 1.807) is 5.56 Å². The number of hydrogen-bond acceptors (Lipinski definition) is 2. The summed E-state index contributed by atoms with van der Waals surface area (Å²) in [5.74, 6) is 1.72. The molecule has 2 atom stereocenters. The van der Waals surface area contributed by atoms with Crippen LogP contribution in [0.25, 0.3) is 0 Å². The van der Waals surface area contributed by atoms with Crippen LogP contribution in [0.15, 0.2) is 24.3 Å². The van der Waals surface area contributed by atoms with Crippen molar-refractivity contribution in [2.75, 3.05) is 38.1 Å². The molecule has 0 bridgehead atoms. The van der Waals surface area contributed by atoms with Crippen molar-refractivity contribution in [1.29, 1.82) is 0 Å². The Morgan fingerprint density at radius 1 is 1.06 bits per heavy atom. The van der Waals surface area contributed by atoms with Crippen molar-refractivity contribution in [3.63, 3.8) is 0 Å². The summed E-state index contributed by atoms with van der Waals surface area (Å²) < 4.78 is 0. The summed E-state index contributed by atoms with van der Waals surface area (Å²) in [6.07, 6.45) is 1.38. The van der Waals surface area contributed by atoms with Crippen LogP contribution in [0.5, 0.6) is 0 Å². The van der Waals surface area contributed by atoms with Crippen molar-refractivity contribution in [2.24, 2.45) is 5.92 Å². The highest BCUT2D eigenvalue weighted by molar-refractivity contribution is 5.57. The molecule has 3 rings (SSSR count). The fraction of sp³-hybridized carbons (Fsp3) is 0.600. The van der Waals surface area contributed by atoms with Gasteiger partial charge in [-0.1, -0.05) is 25.1 Å². The van der Waals surface area contributed by atoms with Crippen molar-refractivity contribution in [3.05, 3.63) is 29.8 Å². The van der Waals surface area contributed by atoms with Crippen LogP contribution in [0.2, 0.25) is 0 Å². The fourth-order valence-corrected chi connectivity index (χ4v) is 2.89. The quantitative estimate of drug-likeness (QED) is 0.770. The summed E-state index contributed by atoms with van der Waals surface area (Å²) in [6.45, 7) is 7.10. The summed E-state index contributed by atoms with van der Waals surface area (Å²) in [5.41, 5.74) is 3.08. The zero-order chi connectivity index (χ0) is 11.8. The van der Waals surface area contributed by atoms with Gasteiger partial charge in [-0.2, -0.15) is 0 Å². The number of para-hydroxylation sites is 1. The molecule has 2 aliphatic rings. The molecule has 1 aliphatic heterocycles. The minimum Gasteiger partial charge on any atom is -0.369 e. The standard InChI is InChI=1S/C15H22N2/c1-12-11-14(12)13-5-3-4-6-15(13)17-9-7-16(2)8-10-17/h3-6,12,14H,7-11H2,1-2H3. The summed E-state index contributed by atoms with van der Waals surface area (Å²) in [6, 6.07) is 9.03. The van der Waals surface area contributed by atoms with E-state index in [4.69, 9.17) is 0 Å². The number of hydrogen-bond donors (Lipinski definition) is 0. The monoisotopic (exact) mass is 230 g/mol. The minimum atomic E-state index is 0.825. The van der Waals surface area contributed by atoms with Crippen LogP contribution in [-0.4, -0.2) is 38.1 Å². The lowest BCUT2D eigenvalue weighted by molar-refractivity contribution is 0.312. The molecule has 0 spiro atoms. The molecule has 1 aromatic carbocycles. The van der Waals surface area contributed by atoms with Crippen molar-refractivity contribution in [2.45, 2.75) is 19.3 Å². The van der Waals surface area contributed by atoms with E-state index in [1.165, 1.54) is 38.3 Å². The normalized spacial score (nSPS) is 29.4. The SMILES string of the molecule is CC1CC1c1ccccc1N1CCN(C)CC1. The van der Waals surface area contributed by atoms with E-state index in [0.717, 1.165) is 11.8 Å². The number of nitrogens with zero attached hydrogens (tertiary/aromatic N) is 2. The van der Waals surface area contributed by atoms with Gasteiger partial charge >= 0.3 is 0 Å². The van der Waals surface area contributed by atoms with Gasteiger partial charge in [-0.25, -0.2) is 0 Å². The Kier molecular flexibility index (Phi) is 2.83. The van der Waals surface area contributed by atoms with Gasteiger partial charge in [-0.15, -0.1) is 0 Å². The van der Waals surface area contributed by atoms with E-state index in [0.29, 0.717) is 0 Å². The molecule has 0 aromatic heterocycles. The average molecular weight is 230 g/mol. The van der Waals surface area contributed by atoms with Crippen molar-refractivity contribution in [1.82, 2.24) is 4.90 Å². The molecule has 1 aromatic rings. The summed E-state index contributed by atoms with van der Waals surface area (Å²) in [7, 11) is 2.21. The maximum Gasteiger partial charge on any atom is 0.0402 e. The Hall–Kier alpha value is -1.02. The molecule has 1 heterocycles. The van der Waals surface area contributed by atoms with Gasteiger partial charge in [-0.3, -0.25) is 0 Å². The van der Waals surface area contributed by atoms with E-state index in [2.05, 4.69) is 48.0 Å². The third kappa shape index (κ3) is 2.19. The van der Waals surface area contributed by atoms with Crippen LogP contribution in [0, 0.1) is 5.92 Å². The lowest BCUT2D eigenvalue weighted by atomic mass is 10.1. The van der Waals surface area contributed by atoms with Gasteiger partial charge in [0.15, 0.2) is 0 Å². The first-order valence-electron chi connectivity index (χ1n) is 6.78. The van der Waals surface area contributed by atoms with Crippen LogP contribution in [-0.2, 0) is 0 Å². The third-order valence-corrected chi connectivity index (χ3v) is 4.29. The van der Waals surface area contributed by atoms with Crippen LogP contribution < -0.4 is 4.90 Å². The van der Waals surface area contributed by atoms with Gasteiger partial charge < -0.3 is 9.80 Å². The zero-order valence-corrected chi connectivity index (χ0v) is 10.9. The number of rotatable bonds is 2. The van der Waals surface area contributed by atoms with E-state index >= 15 is 0 Å². The second-order valence-electron chi connectivity index (χ2n) is 5.67. The molecule has 0 amide bonds. The maximum absolute atomic E-state index is 2.57. The fourth-order valence-electron chi connectivity index (χ4n) is 2.89. The molecule has 2 nitrogen and oxygen atoms in total. The largest absolute Gasteiger partial charge is 0.369 e. The first-order chi connectivity index (χ1) is 8.25. The van der Waals surface area contributed by atoms with Gasteiger partial charge in [0.2, 0.25) is 0 Å². The molecule has 2 unspecified atom stereocenters. The Morgan fingerprint density at radius 2 is 1.71 bits per heavy atom. The molecule has 2 heteroatoms. The smallest absolute Gasteiger partial charge is 0.0402 e. The van der Waals surface area contributed by atoms with Gasteiger partial charge in [0, 0.05) is 31.9 Å². The van der Waals surface area contributed by atoms with Gasteiger partial charge in [0.1, 0.15) is 0 Å². The number of benzene rings is 1. The molecule has 1 saturated heterocycles. The Labute approximate surface area is 104 Å². The van der Waals surface area contributed by atoms with E-state index in [1.807, 2.05) is 0 Å². The van der Waals surface area contributed by atoms with Gasteiger partial charge in [0.25, 0.3) is 0 Å². The predicted octanol–water partition coefficient (Wildman–Crippen LogP) is 2.56. The lowest BCUT2D eigenvalue weighted by Crippen LogP contribution is -2.44. The zero-order valence-electron chi connectivity index (χ0n) is 10.9. The van der Waals surface area contributed by atoms with Crippen molar-refractivity contribution >= 4 is 5.69 Å². The molecular formula is C15H22N2. The molecule has 1 saturated carbocycles. The molecule has 0 radical (unpaired) electrons. The molecular weight excluding hydrogens is 208 g/mol. The second kappa shape index (κ2) is 4.34. The second-order valence-corrected chi connectivity index (χ2v) is 5.67. The highest BCUT2D eigenvalue weighted by Crippen LogP contribution is 2.49. The van der Waals surface area contributed by atoms with E-state index in [9.17, 15) is 0 Å². The van der Waals surface area contributed by atoms with Crippen LogP contribution in [0.3, 0.4) is 0 Å². The Bertz CT molecular complexity index is 394. The van der Waals surface area contributed by atoms with Gasteiger partial charge in [0.05, 0.1) is 0 Å². The Balaban J connectivity index is 1.82. The van der Waals surface area contributed by atoms with E-state index < -0.39 is 0 Å². The van der Waals surface area contributed by atoms with Crippen LogP contribution >= 0.6 is 0 Å². The highest BCUT2D eigenvalue weighted by atomic mass is 15.2. The average Bonchev–Trinajstić information content (AvgIpc) is 3.07. The Morgan fingerprint density at radius 3 is 2.35 bits per heavy atom. The molecule has 1 aliphatic carbocycles. The summed E-state index contributed by atoms with van der Waals surface area (Å²) in [4.78, 5) is 4.99. The number of likely N-dealkylation sites (N-methyl/N-ethyl adjacent to an activating group) is 1. The molecule has 92 valence electrons. The minimum absolute atomic E-state index is 0.825. The first kappa shape index (κ1) is 11.1. The highest BCUT2D eigenvalue weighted by Gasteiger charge is 2.36. The third-order valence-electron chi connectivity index (χ3n) is 4.29. The van der Waals surface area contributed by atoms with Gasteiger partial charge in [-0.05, 0) is 36.9 Å². The first-order valence-corrected chi connectivity index (χ1v) is 6.78. The summed E-state index contributed by atoms with van der Waals surface area (Å²) in [5, 5.41) is 0. The topological polar surface area (TPSA) is 6.48 Å². The predicted molar refractivity (Wildman–Crippen MR) is 72.7 cm³/mol. The van der Waals surface area contributed by atoms with Crippen LogP contribution in [0.4, 0.5) is 5.69 Å².